The highest BCUT2D eigenvalue weighted by Crippen LogP contribution is 2.39. The zero-order chi connectivity index (χ0) is 16.9. The molecule has 1 aliphatic rings. The lowest BCUT2D eigenvalue weighted by Gasteiger charge is -2.21. The second kappa shape index (κ2) is 7.44. The third kappa shape index (κ3) is 3.73. The van der Waals surface area contributed by atoms with E-state index in [1.54, 1.807) is 18.5 Å². The van der Waals surface area contributed by atoms with E-state index in [1.807, 2.05) is 31.4 Å². The van der Waals surface area contributed by atoms with Gasteiger partial charge < -0.3 is 20.1 Å². The van der Waals surface area contributed by atoms with E-state index >= 15 is 0 Å². The molecular weight excluding hydrogens is 326 g/mol. The van der Waals surface area contributed by atoms with Crippen molar-refractivity contribution in [3.63, 3.8) is 0 Å². The first-order valence-electron chi connectivity index (χ1n) is 7.62. The number of carbonyl (C=O) groups is 1. The molecule has 2 N–H and O–H groups in total. The molecule has 6 nitrogen and oxygen atoms in total. The highest BCUT2D eigenvalue weighted by Gasteiger charge is 2.17. The largest absolute Gasteiger partial charge is 0.486 e. The summed E-state index contributed by atoms with van der Waals surface area (Å²) in [5, 5.41) is 5.79. The van der Waals surface area contributed by atoms with Crippen LogP contribution in [0.2, 0.25) is 0 Å². The van der Waals surface area contributed by atoms with Crippen LogP contribution in [-0.2, 0) is 0 Å². The molecule has 3 rings (SSSR count). The number of hydrogen-bond donors (Lipinski definition) is 2. The van der Waals surface area contributed by atoms with Gasteiger partial charge >= 0.3 is 6.03 Å². The van der Waals surface area contributed by atoms with Crippen molar-refractivity contribution in [1.82, 2.24) is 10.3 Å². The second-order valence-electron chi connectivity index (χ2n) is 5.30. The van der Waals surface area contributed by atoms with Gasteiger partial charge in [0.2, 0.25) is 0 Å². The standard InChI is InChI=1S/C17H19N3O3S/c1-11(12-4-3-5-18-10-12)19-17(21)20-13-8-14-15(9-16(13)24-2)23-7-6-22-14/h3-5,8-11H,6-7H2,1-2H3,(H2,19,20,21). The lowest BCUT2D eigenvalue weighted by molar-refractivity contribution is 0.171. The van der Waals surface area contributed by atoms with E-state index in [0.717, 1.165) is 10.5 Å². The molecule has 1 atom stereocenters. The Hall–Kier alpha value is -2.41. The van der Waals surface area contributed by atoms with Crippen LogP contribution in [0.15, 0.2) is 41.6 Å². The number of anilines is 1. The van der Waals surface area contributed by atoms with Gasteiger partial charge in [0, 0.05) is 23.4 Å². The predicted octanol–water partition coefficient (Wildman–Crippen LogP) is 3.46. The molecule has 0 saturated heterocycles. The Kier molecular flexibility index (Phi) is 5.10. The number of nitrogens with one attached hydrogen (secondary N) is 2. The Morgan fingerprint density at radius 3 is 2.71 bits per heavy atom. The molecule has 2 aromatic rings. The topological polar surface area (TPSA) is 72.5 Å². The fraction of sp³-hybridized carbons (Fsp3) is 0.294. The minimum atomic E-state index is -0.279. The van der Waals surface area contributed by atoms with E-state index in [-0.39, 0.29) is 12.1 Å². The molecule has 0 spiro atoms. The lowest BCUT2D eigenvalue weighted by atomic mass is 10.1. The lowest BCUT2D eigenvalue weighted by Crippen LogP contribution is -2.31. The number of pyridine rings is 1. The number of amides is 2. The maximum absolute atomic E-state index is 12.3. The van der Waals surface area contributed by atoms with E-state index in [2.05, 4.69) is 15.6 Å². The first-order valence-corrected chi connectivity index (χ1v) is 8.85. The van der Waals surface area contributed by atoms with Crippen molar-refractivity contribution in [3.05, 3.63) is 42.2 Å². The molecule has 24 heavy (non-hydrogen) atoms. The molecule has 1 aliphatic heterocycles. The Labute approximate surface area is 145 Å². The Morgan fingerprint density at radius 2 is 2.04 bits per heavy atom. The summed E-state index contributed by atoms with van der Waals surface area (Å²) in [5.74, 6) is 1.36. The normalized spacial score (nSPS) is 13.9. The van der Waals surface area contributed by atoms with Crippen molar-refractivity contribution in [1.29, 1.82) is 0 Å². The molecule has 2 heterocycles. The number of nitrogens with zero attached hydrogens (tertiary/aromatic N) is 1. The SMILES string of the molecule is CSc1cc2c(cc1NC(=O)NC(C)c1cccnc1)OCCO2. The van der Waals surface area contributed by atoms with Gasteiger partial charge in [-0.15, -0.1) is 11.8 Å². The maximum Gasteiger partial charge on any atom is 0.319 e. The van der Waals surface area contributed by atoms with Crippen LogP contribution >= 0.6 is 11.8 Å². The fourth-order valence-electron chi connectivity index (χ4n) is 2.41. The number of urea groups is 1. The average molecular weight is 345 g/mol. The molecule has 1 aromatic carbocycles. The van der Waals surface area contributed by atoms with Crippen molar-refractivity contribution >= 4 is 23.5 Å². The van der Waals surface area contributed by atoms with Crippen LogP contribution < -0.4 is 20.1 Å². The predicted molar refractivity (Wildman–Crippen MR) is 94.0 cm³/mol. The van der Waals surface area contributed by atoms with Gasteiger partial charge in [-0.2, -0.15) is 0 Å². The van der Waals surface area contributed by atoms with Crippen molar-refractivity contribution in [2.45, 2.75) is 17.9 Å². The fourth-order valence-corrected chi connectivity index (χ4v) is 2.96. The zero-order valence-corrected chi connectivity index (χ0v) is 14.4. The van der Waals surface area contributed by atoms with Crippen molar-refractivity contribution < 1.29 is 14.3 Å². The van der Waals surface area contributed by atoms with Crippen molar-refractivity contribution in [2.75, 3.05) is 24.8 Å². The van der Waals surface area contributed by atoms with Gasteiger partial charge in [0.1, 0.15) is 13.2 Å². The Bertz CT molecular complexity index is 725. The van der Waals surface area contributed by atoms with Crippen LogP contribution in [0.3, 0.4) is 0 Å². The van der Waals surface area contributed by atoms with Gasteiger partial charge in [-0.3, -0.25) is 4.98 Å². The third-order valence-corrected chi connectivity index (χ3v) is 4.42. The summed E-state index contributed by atoms with van der Waals surface area (Å²) in [4.78, 5) is 17.3. The van der Waals surface area contributed by atoms with Gasteiger partial charge in [0.15, 0.2) is 11.5 Å². The number of aromatic nitrogens is 1. The van der Waals surface area contributed by atoms with Crippen LogP contribution in [-0.4, -0.2) is 30.5 Å². The minimum Gasteiger partial charge on any atom is -0.486 e. The summed E-state index contributed by atoms with van der Waals surface area (Å²) in [6, 6.07) is 7.04. The summed E-state index contributed by atoms with van der Waals surface area (Å²) < 4.78 is 11.2. The molecule has 0 bridgehead atoms. The molecule has 0 saturated carbocycles. The first-order chi connectivity index (χ1) is 11.7. The minimum absolute atomic E-state index is 0.145. The molecule has 1 aromatic heterocycles. The monoisotopic (exact) mass is 345 g/mol. The maximum atomic E-state index is 12.3. The number of benzene rings is 1. The molecule has 126 valence electrons. The summed E-state index contributed by atoms with van der Waals surface area (Å²) in [6.07, 6.45) is 5.39. The summed E-state index contributed by atoms with van der Waals surface area (Å²) >= 11 is 1.54. The Morgan fingerprint density at radius 1 is 1.29 bits per heavy atom. The molecule has 0 aliphatic carbocycles. The van der Waals surface area contributed by atoms with E-state index in [4.69, 9.17) is 9.47 Å². The van der Waals surface area contributed by atoms with E-state index in [0.29, 0.717) is 30.4 Å². The number of hydrogen-bond acceptors (Lipinski definition) is 5. The van der Waals surface area contributed by atoms with Crippen molar-refractivity contribution in [3.8, 4) is 11.5 Å². The first kappa shape index (κ1) is 16.4. The number of ether oxygens (including phenoxy) is 2. The number of carbonyl (C=O) groups excluding carboxylic acids is 1. The van der Waals surface area contributed by atoms with Gasteiger partial charge in [0.25, 0.3) is 0 Å². The molecule has 0 radical (unpaired) electrons. The van der Waals surface area contributed by atoms with Gasteiger partial charge in [-0.1, -0.05) is 6.07 Å². The molecule has 0 fully saturated rings. The van der Waals surface area contributed by atoms with Crippen LogP contribution in [0.4, 0.5) is 10.5 Å². The van der Waals surface area contributed by atoms with Crippen LogP contribution in [0.25, 0.3) is 0 Å². The van der Waals surface area contributed by atoms with Crippen molar-refractivity contribution in [2.24, 2.45) is 0 Å². The highest BCUT2D eigenvalue weighted by molar-refractivity contribution is 7.98. The van der Waals surface area contributed by atoms with Gasteiger partial charge in [-0.25, -0.2) is 4.79 Å². The Balaban J connectivity index is 1.72. The third-order valence-electron chi connectivity index (χ3n) is 3.64. The summed E-state index contributed by atoms with van der Waals surface area (Å²) in [7, 11) is 0. The smallest absolute Gasteiger partial charge is 0.319 e. The van der Waals surface area contributed by atoms with E-state index in [9.17, 15) is 4.79 Å². The summed E-state index contributed by atoms with van der Waals surface area (Å²) in [6.45, 7) is 2.96. The second-order valence-corrected chi connectivity index (χ2v) is 6.15. The van der Waals surface area contributed by atoms with Gasteiger partial charge in [0.05, 0.1) is 11.7 Å². The van der Waals surface area contributed by atoms with E-state index < -0.39 is 0 Å². The van der Waals surface area contributed by atoms with E-state index in [1.165, 1.54) is 11.8 Å². The quantitative estimate of drug-likeness (QED) is 0.830. The number of rotatable bonds is 4. The number of thioether (sulfide) groups is 1. The summed E-state index contributed by atoms with van der Waals surface area (Å²) in [5.41, 5.74) is 1.64. The average Bonchev–Trinajstić information content (AvgIpc) is 2.61. The number of fused-ring (bicyclic) bond motifs is 1. The highest BCUT2D eigenvalue weighted by atomic mass is 32.2. The van der Waals surface area contributed by atoms with Crippen LogP contribution in [0.1, 0.15) is 18.5 Å². The van der Waals surface area contributed by atoms with Crippen LogP contribution in [0, 0.1) is 0 Å². The van der Waals surface area contributed by atoms with Gasteiger partial charge in [-0.05, 0) is 30.9 Å². The molecular formula is C17H19N3O3S. The molecule has 7 heteroatoms. The van der Waals surface area contributed by atoms with Crippen LogP contribution in [0.5, 0.6) is 11.5 Å². The molecule has 2 amide bonds. The molecule has 1 unspecified atom stereocenters. The zero-order valence-electron chi connectivity index (χ0n) is 13.5.